The van der Waals surface area contributed by atoms with Crippen molar-refractivity contribution in [2.45, 2.75) is 38.3 Å². The van der Waals surface area contributed by atoms with Crippen LogP contribution in [0.2, 0.25) is 5.02 Å². The second-order valence-corrected chi connectivity index (χ2v) is 5.14. The molecule has 0 bridgehead atoms. The van der Waals surface area contributed by atoms with Crippen molar-refractivity contribution in [2.24, 2.45) is 0 Å². The number of halogens is 1. The van der Waals surface area contributed by atoms with Crippen LogP contribution in [0.1, 0.15) is 37.8 Å². The topological polar surface area (TPSA) is 20.3 Å². The number of hydrogen-bond acceptors (Lipinski definition) is 2. The maximum Gasteiger partial charge on any atom is 0.149 e. The molecule has 1 saturated carbocycles. The summed E-state index contributed by atoms with van der Waals surface area (Å²) in [5.41, 5.74) is 1.09. The van der Waals surface area contributed by atoms with Gasteiger partial charge in [-0.25, -0.2) is 0 Å². The van der Waals surface area contributed by atoms with Crippen LogP contribution in [0.5, 0.6) is 0 Å². The highest BCUT2D eigenvalue weighted by molar-refractivity contribution is 6.31. The lowest BCUT2D eigenvalue weighted by Gasteiger charge is -2.30. The van der Waals surface area contributed by atoms with Crippen LogP contribution >= 0.6 is 11.6 Å². The maximum absolute atomic E-state index is 11.8. The summed E-state index contributed by atoms with van der Waals surface area (Å²) in [7, 11) is 2.02. The first-order valence-electron chi connectivity index (χ1n) is 6.10. The molecule has 3 heteroatoms. The van der Waals surface area contributed by atoms with E-state index in [2.05, 4.69) is 11.8 Å². The summed E-state index contributed by atoms with van der Waals surface area (Å²) in [6.07, 6.45) is 2.72. The normalized spacial score (nSPS) is 22.1. The number of Topliss-reactive ketones (excluding diaryl/α,β-unsaturated/α-hetero) is 1. The fourth-order valence-corrected chi connectivity index (χ4v) is 2.82. The number of hydrogen-bond donors (Lipinski definition) is 0. The maximum atomic E-state index is 11.8. The van der Waals surface area contributed by atoms with Crippen LogP contribution < -0.4 is 0 Å². The van der Waals surface area contributed by atoms with Gasteiger partial charge in [0.1, 0.15) is 5.78 Å². The lowest BCUT2D eigenvalue weighted by atomic mass is 10.0. The van der Waals surface area contributed by atoms with Crippen molar-refractivity contribution in [2.75, 3.05) is 7.05 Å². The highest BCUT2D eigenvalue weighted by atomic mass is 35.5. The zero-order chi connectivity index (χ0) is 12.4. The molecule has 0 radical (unpaired) electrons. The predicted octanol–water partition coefficient (Wildman–Crippen LogP) is 3.45. The molecule has 0 spiro atoms. The predicted molar refractivity (Wildman–Crippen MR) is 70.3 cm³/mol. The van der Waals surface area contributed by atoms with Crippen molar-refractivity contribution >= 4 is 17.4 Å². The Morgan fingerprint density at radius 1 is 1.41 bits per heavy atom. The fourth-order valence-electron chi connectivity index (χ4n) is 2.53. The van der Waals surface area contributed by atoms with Gasteiger partial charge in [0.15, 0.2) is 0 Å². The van der Waals surface area contributed by atoms with E-state index in [4.69, 9.17) is 11.6 Å². The van der Waals surface area contributed by atoms with E-state index in [1.54, 1.807) is 0 Å². The first-order valence-corrected chi connectivity index (χ1v) is 6.48. The van der Waals surface area contributed by atoms with Gasteiger partial charge in [0.05, 0.1) is 6.04 Å². The standard InChI is InChI=1S/C14H18ClNO/c1-10(11-6-3-4-7-12(11)15)16(2)13-8-5-9-14(13)17/h3-4,6-7,10,13H,5,8-9H2,1-2H3. The molecular formula is C14H18ClNO. The van der Waals surface area contributed by atoms with Gasteiger partial charge < -0.3 is 0 Å². The Morgan fingerprint density at radius 3 is 2.71 bits per heavy atom. The van der Waals surface area contributed by atoms with Gasteiger partial charge in [-0.05, 0) is 38.4 Å². The molecule has 2 rings (SSSR count). The second kappa shape index (κ2) is 5.19. The molecule has 2 atom stereocenters. The molecule has 1 aromatic rings. The number of likely N-dealkylation sites (N-methyl/N-ethyl adjacent to an activating group) is 1. The van der Waals surface area contributed by atoms with E-state index in [1.807, 2.05) is 31.3 Å². The van der Waals surface area contributed by atoms with Crippen LogP contribution in [0.25, 0.3) is 0 Å². The summed E-state index contributed by atoms with van der Waals surface area (Å²) in [6.45, 7) is 2.10. The van der Waals surface area contributed by atoms with Crippen molar-refractivity contribution in [3.8, 4) is 0 Å². The van der Waals surface area contributed by atoms with Crippen molar-refractivity contribution in [1.29, 1.82) is 0 Å². The minimum atomic E-state index is 0.0706. The minimum Gasteiger partial charge on any atom is -0.298 e. The van der Waals surface area contributed by atoms with Crippen LogP contribution in [0, 0.1) is 0 Å². The van der Waals surface area contributed by atoms with Crippen LogP contribution in [0.15, 0.2) is 24.3 Å². The van der Waals surface area contributed by atoms with E-state index in [0.29, 0.717) is 5.78 Å². The van der Waals surface area contributed by atoms with E-state index in [0.717, 1.165) is 29.8 Å². The van der Waals surface area contributed by atoms with Crippen molar-refractivity contribution in [3.63, 3.8) is 0 Å². The average molecular weight is 252 g/mol. The Labute approximate surface area is 108 Å². The average Bonchev–Trinajstić information content (AvgIpc) is 2.74. The first kappa shape index (κ1) is 12.6. The molecular weight excluding hydrogens is 234 g/mol. The van der Waals surface area contributed by atoms with Crippen molar-refractivity contribution in [1.82, 2.24) is 4.90 Å². The number of nitrogens with zero attached hydrogens (tertiary/aromatic N) is 1. The van der Waals surface area contributed by atoms with Gasteiger partial charge in [0, 0.05) is 17.5 Å². The smallest absolute Gasteiger partial charge is 0.149 e. The van der Waals surface area contributed by atoms with E-state index >= 15 is 0 Å². The molecule has 0 saturated heterocycles. The number of rotatable bonds is 3. The molecule has 1 aliphatic rings. The Morgan fingerprint density at radius 2 is 2.12 bits per heavy atom. The van der Waals surface area contributed by atoms with E-state index < -0.39 is 0 Å². The molecule has 1 aromatic carbocycles. The largest absolute Gasteiger partial charge is 0.298 e. The molecule has 0 aromatic heterocycles. The molecule has 2 unspecified atom stereocenters. The quantitative estimate of drug-likeness (QED) is 0.820. The highest BCUT2D eigenvalue weighted by Crippen LogP contribution is 2.30. The molecule has 0 heterocycles. The summed E-state index contributed by atoms with van der Waals surface area (Å²) in [6, 6.07) is 8.10. The summed E-state index contributed by atoms with van der Waals surface area (Å²) in [5.74, 6) is 0.367. The third-order valence-electron chi connectivity index (χ3n) is 3.73. The summed E-state index contributed by atoms with van der Waals surface area (Å²) in [4.78, 5) is 13.9. The summed E-state index contributed by atoms with van der Waals surface area (Å²) < 4.78 is 0. The number of ketones is 1. The van der Waals surface area contributed by atoms with Crippen molar-refractivity contribution in [3.05, 3.63) is 34.9 Å². The Bertz CT molecular complexity index is 418. The number of benzene rings is 1. The van der Waals surface area contributed by atoms with E-state index in [9.17, 15) is 4.79 Å². The number of carbonyl (C=O) groups is 1. The lowest BCUT2D eigenvalue weighted by molar-refractivity contribution is -0.122. The third kappa shape index (κ3) is 2.53. The highest BCUT2D eigenvalue weighted by Gasteiger charge is 2.31. The monoisotopic (exact) mass is 251 g/mol. The second-order valence-electron chi connectivity index (χ2n) is 4.74. The Balaban J connectivity index is 2.17. The summed E-state index contributed by atoms with van der Waals surface area (Å²) in [5, 5.41) is 0.775. The molecule has 0 N–H and O–H groups in total. The van der Waals surface area contributed by atoms with Gasteiger partial charge >= 0.3 is 0 Å². The van der Waals surface area contributed by atoms with Gasteiger partial charge in [-0.1, -0.05) is 29.8 Å². The molecule has 0 aliphatic heterocycles. The summed E-state index contributed by atoms with van der Waals surface area (Å²) >= 11 is 6.19. The molecule has 92 valence electrons. The zero-order valence-corrected chi connectivity index (χ0v) is 11.1. The van der Waals surface area contributed by atoms with Crippen LogP contribution in [-0.2, 0) is 4.79 Å². The van der Waals surface area contributed by atoms with Gasteiger partial charge in [-0.15, -0.1) is 0 Å². The van der Waals surface area contributed by atoms with Gasteiger partial charge in [0.25, 0.3) is 0 Å². The lowest BCUT2D eigenvalue weighted by Crippen LogP contribution is -2.36. The first-order chi connectivity index (χ1) is 8.11. The van der Waals surface area contributed by atoms with Crippen LogP contribution in [-0.4, -0.2) is 23.8 Å². The van der Waals surface area contributed by atoms with Gasteiger partial charge in [-0.3, -0.25) is 9.69 Å². The zero-order valence-electron chi connectivity index (χ0n) is 10.3. The molecule has 1 fully saturated rings. The molecule has 1 aliphatic carbocycles. The Hall–Kier alpha value is -0.860. The minimum absolute atomic E-state index is 0.0706. The SMILES string of the molecule is CC(c1ccccc1Cl)N(C)C1CCCC1=O. The third-order valence-corrected chi connectivity index (χ3v) is 4.07. The van der Waals surface area contributed by atoms with Crippen LogP contribution in [0.4, 0.5) is 0 Å². The molecule has 0 amide bonds. The van der Waals surface area contributed by atoms with Gasteiger partial charge in [-0.2, -0.15) is 0 Å². The van der Waals surface area contributed by atoms with E-state index in [1.165, 1.54) is 0 Å². The number of carbonyl (C=O) groups excluding carboxylic acids is 1. The fraction of sp³-hybridized carbons (Fsp3) is 0.500. The van der Waals surface area contributed by atoms with Crippen molar-refractivity contribution < 1.29 is 4.79 Å². The molecule has 17 heavy (non-hydrogen) atoms. The van der Waals surface area contributed by atoms with Crippen LogP contribution in [0.3, 0.4) is 0 Å². The Kier molecular flexibility index (Phi) is 3.85. The van der Waals surface area contributed by atoms with E-state index in [-0.39, 0.29) is 12.1 Å². The molecule has 2 nitrogen and oxygen atoms in total. The van der Waals surface area contributed by atoms with Gasteiger partial charge in [0.2, 0.25) is 0 Å².